The van der Waals surface area contributed by atoms with E-state index in [0.717, 1.165) is 25.7 Å². The third-order valence-corrected chi connectivity index (χ3v) is 6.74. The second-order valence-electron chi connectivity index (χ2n) is 6.58. The predicted octanol–water partition coefficient (Wildman–Crippen LogP) is 2.38. The number of nitrogens with zero attached hydrogens (tertiary/aromatic N) is 1. The van der Waals surface area contributed by atoms with Gasteiger partial charge in [0.05, 0.1) is 0 Å². The molecule has 0 aromatic carbocycles. The van der Waals surface area contributed by atoms with E-state index in [-0.39, 0.29) is 6.04 Å². The first-order chi connectivity index (χ1) is 8.90. The molecule has 4 nitrogen and oxygen atoms in total. The molecule has 1 N–H and O–H groups in total. The maximum absolute atomic E-state index is 12.4. The molecule has 2 rings (SSSR count). The van der Waals surface area contributed by atoms with E-state index < -0.39 is 10.2 Å². The molecule has 112 valence electrons. The standard InChI is InChI=1S/C14H28N2O2S/c1-11-7-9-16(10-8-11)19(17,18)15-14-6-4-5-12(2)13(14)3/h11-15H,4-10H2,1-3H3/t12-,13-,14-/m1/s1. The van der Waals surface area contributed by atoms with E-state index in [2.05, 4.69) is 25.5 Å². The van der Waals surface area contributed by atoms with Crippen LogP contribution in [0.4, 0.5) is 0 Å². The van der Waals surface area contributed by atoms with Crippen LogP contribution in [-0.2, 0) is 10.2 Å². The number of piperidine rings is 1. The van der Waals surface area contributed by atoms with Gasteiger partial charge in [0.1, 0.15) is 0 Å². The van der Waals surface area contributed by atoms with E-state index in [1.165, 1.54) is 6.42 Å². The Morgan fingerprint density at radius 3 is 2.26 bits per heavy atom. The largest absolute Gasteiger partial charge is 0.279 e. The lowest BCUT2D eigenvalue weighted by Crippen LogP contribution is -2.51. The topological polar surface area (TPSA) is 49.4 Å². The summed E-state index contributed by atoms with van der Waals surface area (Å²) in [6, 6.07) is 0.119. The van der Waals surface area contributed by atoms with Crippen molar-refractivity contribution in [2.45, 2.75) is 58.9 Å². The van der Waals surface area contributed by atoms with Crippen LogP contribution in [0, 0.1) is 17.8 Å². The van der Waals surface area contributed by atoms with Crippen molar-refractivity contribution >= 4 is 10.2 Å². The Morgan fingerprint density at radius 1 is 1.00 bits per heavy atom. The highest BCUT2D eigenvalue weighted by atomic mass is 32.2. The molecule has 2 fully saturated rings. The molecule has 1 saturated heterocycles. The van der Waals surface area contributed by atoms with Crippen molar-refractivity contribution < 1.29 is 8.42 Å². The molecule has 0 bridgehead atoms. The van der Waals surface area contributed by atoms with Crippen molar-refractivity contribution in [1.29, 1.82) is 0 Å². The lowest BCUT2D eigenvalue weighted by Gasteiger charge is -2.37. The van der Waals surface area contributed by atoms with Crippen LogP contribution < -0.4 is 4.72 Å². The first-order valence-corrected chi connectivity index (χ1v) is 9.11. The molecule has 3 atom stereocenters. The Kier molecular flexibility index (Phi) is 4.90. The lowest BCUT2D eigenvalue weighted by atomic mass is 9.78. The third-order valence-electron chi connectivity index (χ3n) is 5.09. The van der Waals surface area contributed by atoms with Crippen molar-refractivity contribution in [3.05, 3.63) is 0 Å². The van der Waals surface area contributed by atoms with Gasteiger partial charge < -0.3 is 0 Å². The average Bonchev–Trinajstić information content (AvgIpc) is 2.35. The summed E-state index contributed by atoms with van der Waals surface area (Å²) in [5.74, 6) is 1.70. The van der Waals surface area contributed by atoms with Gasteiger partial charge in [0, 0.05) is 19.1 Å². The fraction of sp³-hybridized carbons (Fsp3) is 1.00. The molecule has 0 aromatic heterocycles. The van der Waals surface area contributed by atoms with Crippen molar-refractivity contribution in [3.63, 3.8) is 0 Å². The van der Waals surface area contributed by atoms with Gasteiger partial charge in [-0.2, -0.15) is 17.4 Å². The zero-order valence-corrected chi connectivity index (χ0v) is 13.2. The maximum atomic E-state index is 12.4. The maximum Gasteiger partial charge on any atom is 0.279 e. The van der Waals surface area contributed by atoms with Gasteiger partial charge in [-0.1, -0.05) is 33.6 Å². The highest BCUT2D eigenvalue weighted by Gasteiger charge is 2.33. The van der Waals surface area contributed by atoms with Crippen LogP contribution in [0.3, 0.4) is 0 Å². The molecule has 1 saturated carbocycles. The number of hydrogen-bond donors (Lipinski definition) is 1. The first-order valence-electron chi connectivity index (χ1n) is 7.67. The molecule has 1 heterocycles. The van der Waals surface area contributed by atoms with Gasteiger partial charge in [0.25, 0.3) is 10.2 Å². The monoisotopic (exact) mass is 288 g/mol. The molecule has 0 amide bonds. The van der Waals surface area contributed by atoms with E-state index in [9.17, 15) is 8.42 Å². The minimum Gasteiger partial charge on any atom is -0.199 e. The quantitative estimate of drug-likeness (QED) is 0.867. The number of rotatable bonds is 3. The summed E-state index contributed by atoms with van der Waals surface area (Å²) in [4.78, 5) is 0. The Morgan fingerprint density at radius 2 is 1.63 bits per heavy atom. The van der Waals surface area contributed by atoms with Crippen molar-refractivity contribution in [2.75, 3.05) is 13.1 Å². The van der Waals surface area contributed by atoms with Gasteiger partial charge in [-0.25, -0.2) is 0 Å². The van der Waals surface area contributed by atoms with E-state index in [0.29, 0.717) is 30.8 Å². The minimum absolute atomic E-state index is 0.119. The van der Waals surface area contributed by atoms with E-state index >= 15 is 0 Å². The fourth-order valence-electron chi connectivity index (χ4n) is 3.24. The summed E-state index contributed by atoms with van der Waals surface area (Å²) in [6.45, 7) is 7.95. The molecule has 1 aliphatic carbocycles. The normalized spacial score (nSPS) is 35.4. The van der Waals surface area contributed by atoms with Gasteiger partial charge in [-0.15, -0.1) is 0 Å². The van der Waals surface area contributed by atoms with E-state index in [4.69, 9.17) is 0 Å². The minimum atomic E-state index is -3.28. The molecule has 0 radical (unpaired) electrons. The first kappa shape index (κ1) is 15.3. The summed E-state index contributed by atoms with van der Waals surface area (Å²) in [5.41, 5.74) is 0. The molecule has 2 aliphatic rings. The molecule has 1 aliphatic heterocycles. The third kappa shape index (κ3) is 3.70. The van der Waals surface area contributed by atoms with E-state index in [1.54, 1.807) is 4.31 Å². The molecule has 19 heavy (non-hydrogen) atoms. The average molecular weight is 288 g/mol. The van der Waals surface area contributed by atoms with Gasteiger partial charge in [-0.3, -0.25) is 0 Å². The number of hydrogen-bond acceptors (Lipinski definition) is 2. The zero-order valence-electron chi connectivity index (χ0n) is 12.4. The summed E-state index contributed by atoms with van der Waals surface area (Å²) in [5, 5.41) is 0. The van der Waals surface area contributed by atoms with Crippen LogP contribution in [0.25, 0.3) is 0 Å². The van der Waals surface area contributed by atoms with Crippen LogP contribution >= 0.6 is 0 Å². The Bertz CT molecular complexity index is 388. The van der Waals surface area contributed by atoms with Crippen LogP contribution in [0.2, 0.25) is 0 Å². The van der Waals surface area contributed by atoms with Crippen LogP contribution in [0.5, 0.6) is 0 Å². The molecular formula is C14H28N2O2S. The van der Waals surface area contributed by atoms with Crippen molar-refractivity contribution in [1.82, 2.24) is 9.03 Å². The van der Waals surface area contributed by atoms with Crippen molar-refractivity contribution in [2.24, 2.45) is 17.8 Å². The predicted molar refractivity (Wildman–Crippen MR) is 78.0 cm³/mol. The van der Waals surface area contributed by atoms with Crippen LogP contribution in [-0.4, -0.2) is 31.9 Å². The lowest BCUT2D eigenvalue weighted by molar-refractivity contribution is 0.219. The Labute approximate surface area is 118 Å². The smallest absolute Gasteiger partial charge is 0.199 e. The highest BCUT2D eigenvalue weighted by Crippen LogP contribution is 2.30. The van der Waals surface area contributed by atoms with Crippen LogP contribution in [0.15, 0.2) is 0 Å². The van der Waals surface area contributed by atoms with Crippen LogP contribution in [0.1, 0.15) is 52.9 Å². The van der Waals surface area contributed by atoms with Gasteiger partial charge in [-0.05, 0) is 37.0 Å². The summed E-state index contributed by atoms with van der Waals surface area (Å²) in [6.07, 6.45) is 5.31. The van der Waals surface area contributed by atoms with Crippen molar-refractivity contribution in [3.8, 4) is 0 Å². The van der Waals surface area contributed by atoms with Gasteiger partial charge in [0.15, 0.2) is 0 Å². The molecule has 0 unspecified atom stereocenters. The Balaban J connectivity index is 1.96. The highest BCUT2D eigenvalue weighted by molar-refractivity contribution is 7.87. The summed E-state index contributed by atoms with van der Waals surface area (Å²) >= 11 is 0. The number of nitrogens with one attached hydrogen (secondary N) is 1. The Hall–Kier alpha value is -0.130. The van der Waals surface area contributed by atoms with Gasteiger partial charge in [0.2, 0.25) is 0 Å². The summed E-state index contributed by atoms with van der Waals surface area (Å²) < 4.78 is 29.5. The second-order valence-corrected chi connectivity index (χ2v) is 8.28. The molecule has 5 heteroatoms. The van der Waals surface area contributed by atoms with E-state index in [1.807, 2.05) is 0 Å². The SMILES string of the molecule is CC1CCN(S(=O)(=O)N[C@@H]2CCC[C@@H](C)[C@H]2C)CC1. The zero-order chi connectivity index (χ0) is 14.0. The molecule has 0 aromatic rings. The van der Waals surface area contributed by atoms with Gasteiger partial charge >= 0.3 is 0 Å². The molecule has 0 spiro atoms. The second kappa shape index (κ2) is 6.10. The molecular weight excluding hydrogens is 260 g/mol. The fourth-order valence-corrected chi connectivity index (χ4v) is 4.80. The summed E-state index contributed by atoms with van der Waals surface area (Å²) in [7, 11) is -3.28.